The highest BCUT2D eigenvalue weighted by Crippen LogP contribution is 2.29. The molecule has 1 aromatic rings. The van der Waals surface area contributed by atoms with Gasteiger partial charge in [0, 0.05) is 16.7 Å². The Kier molecular flexibility index (Phi) is 5.04. The van der Waals surface area contributed by atoms with Gasteiger partial charge >= 0.3 is 6.18 Å². The second-order valence-electron chi connectivity index (χ2n) is 3.94. The molecule has 0 aromatic heterocycles. The van der Waals surface area contributed by atoms with E-state index in [-0.39, 0.29) is 0 Å². The zero-order valence-electron chi connectivity index (χ0n) is 10.0. The summed E-state index contributed by atoms with van der Waals surface area (Å²) in [6.07, 6.45) is -4.58. The average Bonchev–Trinajstić information content (AvgIpc) is 2.32. The predicted octanol–water partition coefficient (Wildman–Crippen LogP) is 3.09. The number of hydrogen-bond acceptors (Lipinski definition) is 3. The van der Waals surface area contributed by atoms with Crippen LogP contribution in [0.15, 0.2) is 27.8 Å². The van der Waals surface area contributed by atoms with Crippen molar-refractivity contribution in [3.8, 4) is 0 Å². The number of amidine groups is 1. The van der Waals surface area contributed by atoms with Gasteiger partial charge in [-0.1, -0.05) is 17.3 Å². The average molecular weight is 340 g/mol. The van der Waals surface area contributed by atoms with Crippen LogP contribution in [-0.2, 0) is 0 Å². The molecule has 0 amide bonds. The van der Waals surface area contributed by atoms with Crippen LogP contribution in [0, 0.1) is 12.8 Å². The Morgan fingerprint density at radius 3 is 2.68 bits per heavy atom. The SMILES string of the molecule is Cc1cccc(NCC(/C(N)=N/O)C(F)(F)F)c1Br. The molecule has 0 heterocycles. The van der Waals surface area contributed by atoms with Crippen LogP contribution in [0.1, 0.15) is 5.56 Å². The van der Waals surface area contributed by atoms with Gasteiger partial charge in [0.2, 0.25) is 0 Å². The molecule has 19 heavy (non-hydrogen) atoms. The van der Waals surface area contributed by atoms with Gasteiger partial charge in [-0.3, -0.25) is 0 Å². The van der Waals surface area contributed by atoms with E-state index in [1.54, 1.807) is 12.1 Å². The molecule has 0 aliphatic heterocycles. The third-order valence-corrected chi connectivity index (χ3v) is 3.61. The van der Waals surface area contributed by atoms with Crippen LogP contribution >= 0.6 is 15.9 Å². The van der Waals surface area contributed by atoms with E-state index in [0.717, 1.165) is 5.56 Å². The van der Waals surface area contributed by atoms with Crippen molar-refractivity contribution in [2.24, 2.45) is 16.8 Å². The minimum Gasteiger partial charge on any atom is -0.409 e. The first-order valence-corrected chi connectivity index (χ1v) is 6.09. The van der Waals surface area contributed by atoms with E-state index >= 15 is 0 Å². The minimum atomic E-state index is -4.58. The number of nitrogens with zero attached hydrogens (tertiary/aromatic N) is 1. The number of alkyl halides is 3. The summed E-state index contributed by atoms with van der Waals surface area (Å²) < 4.78 is 38.8. The van der Waals surface area contributed by atoms with Crippen molar-refractivity contribution in [2.45, 2.75) is 13.1 Å². The molecule has 1 unspecified atom stereocenters. The van der Waals surface area contributed by atoms with Crippen LogP contribution in [0.25, 0.3) is 0 Å². The highest BCUT2D eigenvalue weighted by molar-refractivity contribution is 9.10. The molecule has 0 fully saturated rings. The third kappa shape index (κ3) is 4.02. The fourth-order valence-corrected chi connectivity index (χ4v) is 1.86. The molecule has 4 N–H and O–H groups in total. The Morgan fingerprint density at radius 1 is 1.53 bits per heavy atom. The van der Waals surface area contributed by atoms with Gasteiger partial charge in [-0.2, -0.15) is 13.2 Å². The molecular formula is C11H13BrF3N3O. The molecule has 0 aliphatic carbocycles. The quantitative estimate of drug-likeness (QED) is 0.341. The first kappa shape index (κ1) is 15.6. The van der Waals surface area contributed by atoms with Crippen LogP contribution in [0.3, 0.4) is 0 Å². The van der Waals surface area contributed by atoms with Crippen molar-refractivity contribution in [1.82, 2.24) is 0 Å². The summed E-state index contributed by atoms with van der Waals surface area (Å²) in [6, 6.07) is 5.17. The Labute approximate surface area is 116 Å². The molecule has 0 bridgehead atoms. The Balaban J connectivity index is 2.86. The van der Waals surface area contributed by atoms with Crippen LogP contribution in [0.4, 0.5) is 18.9 Å². The second kappa shape index (κ2) is 6.14. The Morgan fingerprint density at radius 2 is 2.16 bits per heavy atom. The van der Waals surface area contributed by atoms with Crippen molar-refractivity contribution in [1.29, 1.82) is 0 Å². The van der Waals surface area contributed by atoms with Gasteiger partial charge in [0.1, 0.15) is 5.92 Å². The largest absolute Gasteiger partial charge is 0.409 e. The second-order valence-corrected chi connectivity index (χ2v) is 4.73. The zero-order valence-corrected chi connectivity index (χ0v) is 11.6. The van der Waals surface area contributed by atoms with Crippen molar-refractivity contribution in [2.75, 3.05) is 11.9 Å². The van der Waals surface area contributed by atoms with Crippen LogP contribution in [0.5, 0.6) is 0 Å². The number of benzene rings is 1. The standard InChI is InChI=1S/C11H13BrF3N3O/c1-6-3-2-4-8(9(6)12)17-5-7(10(16)18-19)11(13,14)15/h2-4,7,17,19H,5H2,1H3,(H2,16,18). The molecule has 0 radical (unpaired) electrons. The van der Waals surface area contributed by atoms with E-state index in [2.05, 4.69) is 26.4 Å². The van der Waals surface area contributed by atoms with E-state index in [0.29, 0.717) is 10.2 Å². The van der Waals surface area contributed by atoms with Gasteiger partial charge in [0.05, 0.1) is 0 Å². The first-order chi connectivity index (χ1) is 8.77. The molecule has 0 aliphatic rings. The number of nitrogens with two attached hydrogens (primary N) is 1. The summed E-state index contributed by atoms with van der Waals surface area (Å²) in [6.45, 7) is 1.31. The fourth-order valence-electron chi connectivity index (χ4n) is 1.45. The number of anilines is 1. The lowest BCUT2D eigenvalue weighted by Crippen LogP contribution is -2.40. The van der Waals surface area contributed by atoms with E-state index in [9.17, 15) is 13.2 Å². The summed E-state index contributed by atoms with van der Waals surface area (Å²) >= 11 is 3.28. The lowest BCUT2D eigenvalue weighted by atomic mass is 10.1. The van der Waals surface area contributed by atoms with Crippen molar-refractivity contribution < 1.29 is 18.4 Å². The van der Waals surface area contributed by atoms with Gasteiger partial charge in [-0.25, -0.2) is 0 Å². The maximum Gasteiger partial charge on any atom is 0.400 e. The van der Waals surface area contributed by atoms with E-state index in [1.807, 2.05) is 13.0 Å². The van der Waals surface area contributed by atoms with Gasteiger partial charge < -0.3 is 16.3 Å². The summed E-state index contributed by atoms with van der Waals surface area (Å²) in [5, 5.41) is 13.5. The summed E-state index contributed by atoms with van der Waals surface area (Å²) in [5.74, 6) is -2.92. The Hall–Kier alpha value is -1.44. The summed E-state index contributed by atoms with van der Waals surface area (Å²) in [5.41, 5.74) is 6.46. The zero-order chi connectivity index (χ0) is 14.6. The highest BCUT2D eigenvalue weighted by Gasteiger charge is 2.42. The number of halogens is 4. The lowest BCUT2D eigenvalue weighted by Gasteiger charge is -2.20. The molecule has 0 saturated heterocycles. The van der Waals surface area contributed by atoms with E-state index in [1.165, 1.54) is 0 Å². The molecule has 4 nitrogen and oxygen atoms in total. The summed E-state index contributed by atoms with van der Waals surface area (Å²) in [7, 11) is 0. The number of oxime groups is 1. The summed E-state index contributed by atoms with van der Waals surface area (Å²) in [4.78, 5) is 0. The normalized spacial score (nSPS) is 14.3. The Bertz CT molecular complexity index is 477. The number of rotatable bonds is 4. The minimum absolute atomic E-state index is 0.512. The molecule has 1 atom stereocenters. The van der Waals surface area contributed by atoms with E-state index < -0.39 is 24.5 Å². The third-order valence-electron chi connectivity index (χ3n) is 2.56. The first-order valence-electron chi connectivity index (χ1n) is 5.30. The predicted molar refractivity (Wildman–Crippen MR) is 70.3 cm³/mol. The van der Waals surface area contributed by atoms with Crippen molar-refractivity contribution in [3.63, 3.8) is 0 Å². The lowest BCUT2D eigenvalue weighted by molar-refractivity contribution is -0.152. The molecule has 1 rings (SSSR count). The van der Waals surface area contributed by atoms with Crippen molar-refractivity contribution >= 4 is 27.5 Å². The van der Waals surface area contributed by atoms with Crippen LogP contribution in [-0.4, -0.2) is 23.8 Å². The molecule has 0 saturated carbocycles. The van der Waals surface area contributed by atoms with Crippen LogP contribution in [0.2, 0.25) is 0 Å². The number of hydrogen-bond donors (Lipinski definition) is 3. The molecule has 0 spiro atoms. The van der Waals surface area contributed by atoms with Gasteiger partial charge in [0.25, 0.3) is 0 Å². The van der Waals surface area contributed by atoms with Crippen LogP contribution < -0.4 is 11.1 Å². The van der Waals surface area contributed by atoms with Gasteiger partial charge in [-0.15, -0.1) is 0 Å². The van der Waals surface area contributed by atoms with Gasteiger partial charge in [0.15, 0.2) is 5.84 Å². The highest BCUT2D eigenvalue weighted by atomic mass is 79.9. The molecular weight excluding hydrogens is 327 g/mol. The topological polar surface area (TPSA) is 70.6 Å². The molecule has 106 valence electrons. The smallest absolute Gasteiger partial charge is 0.400 e. The fraction of sp³-hybridized carbons (Fsp3) is 0.364. The van der Waals surface area contributed by atoms with Gasteiger partial charge in [-0.05, 0) is 34.5 Å². The monoisotopic (exact) mass is 339 g/mol. The maximum atomic E-state index is 12.7. The number of nitrogens with one attached hydrogen (secondary N) is 1. The molecule has 1 aromatic carbocycles. The molecule has 8 heteroatoms. The van der Waals surface area contributed by atoms with E-state index in [4.69, 9.17) is 10.9 Å². The van der Waals surface area contributed by atoms with Crippen molar-refractivity contribution in [3.05, 3.63) is 28.2 Å². The maximum absolute atomic E-state index is 12.7. The number of aryl methyl sites for hydroxylation is 1.